The van der Waals surface area contributed by atoms with Gasteiger partial charge in [-0.15, -0.1) is 0 Å². The van der Waals surface area contributed by atoms with E-state index in [0.29, 0.717) is 12.6 Å². The van der Waals surface area contributed by atoms with Gasteiger partial charge in [0.05, 0.1) is 0 Å². The SMILES string of the molecule is CCC1CCCN1Cc1ccc(F)cc1CN. The zero-order valence-corrected chi connectivity index (χ0v) is 10.5. The molecule has 2 N–H and O–H groups in total. The van der Waals surface area contributed by atoms with Gasteiger partial charge in [0, 0.05) is 19.1 Å². The molecule has 1 saturated heterocycles. The van der Waals surface area contributed by atoms with Gasteiger partial charge in [0.25, 0.3) is 0 Å². The largest absolute Gasteiger partial charge is 0.326 e. The molecule has 0 bridgehead atoms. The van der Waals surface area contributed by atoms with Crippen LogP contribution in [0.2, 0.25) is 0 Å². The van der Waals surface area contributed by atoms with Crippen LogP contribution in [0.4, 0.5) is 4.39 Å². The van der Waals surface area contributed by atoms with Crippen molar-refractivity contribution in [2.24, 2.45) is 5.73 Å². The average molecular weight is 236 g/mol. The highest BCUT2D eigenvalue weighted by atomic mass is 19.1. The third kappa shape index (κ3) is 2.85. The van der Waals surface area contributed by atoms with Crippen molar-refractivity contribution in [3.8, 4) is 0 Å². The van der Waals surface area contributed by atoms with Gasteiger partial charge >= 0.3 is 0 Å². The van der Waals surface area contributed by atoms with Crippen molar-refractivity contribution in [2.75, 3.05) is 6.54 Å². The minimum atomic E-state index is -0.192. The van der Waals surface area contributed by atoms with E-state index in [4.69, 9.17) is 5.73 Å². The lowest BCUT2D eigenvalue weighted by Gasteiger charge is -2.24. The number of hydrogen-bond acceptors (Lipinski definition) is 2. The van der Waals surface area contributed by atoms with Crippen molar-refractivity contribution in [3.63, 3.8) is 0 Å². The first-order valence-corrected chi connectivity index (χ1v) is 6.46. The Morgan fingerprint density at radius 1 is 1.41 bits per heavy atom. The zero-order valence-electron chi connectivity index (χ0n) is 10.5. The molecule has 1 heterocycles. The van der Waals surface area contributed by atoms with Crippen molar-refractivity contribution < 1.29 is 4.39 Å². The quantitative estimate of drug-likeness (QED) is 0.871. The average Bonchev–Trinajstić information content (AvgIpc) is 2.78. The molecule has 0 radical (unpaired) electrons. The smallest absolute Gasteiger partial charge is 0.123 e. The van der Waals surface area contributed by atoms with E-state index in [2.05, 4.69) is 11.8 Å². The Morgan fingerprint density at radius 3 is 2.94 bits per heavy atom. The minimum Gasteiger partial charge on any atom is -0.326 e. The van der Waals surface area contributed by atoms with Crippen LogP contribution in [0, 0.1) is 5.82 Å². The van der Waals surface area contributed by atoms with Crippen molar-refractivity contribution in [2.45, 2.75) is 45.3 Å². The van der Waals surface area contributed by atoms with Crippen LogP contribution in [0.25, 0.3) is 0 Å². The van der Waals surface area contributed by atoms with Gasteiger partial charge < -0.3 is 5.73 Å². The molecule has 1 unspecified atom stereocenters. The summed E-state index contributed by atoms with van der Waals surface area (Å²) < 4.78 is 13.1. The standard InChI is InChI=1S/C14H21FN2/c1-2-14-4-3-7-17(14)10-11-5-6-13(15)8-12(11)9-16/h5-6,8,14H,2-4,7,9-10,16H2,1H3. The number of benzene rings is 1. The first-order chi connectivity index (χ1) is 8.24. The summed E-state index contributed by atoms with van der Waals surface area (Å²) in [6.45, 7) is 4.71. The van der Waals surface area contributed by atoms with Crippen LogP contribution in [0.5, 0.6) is 0 Å². The first-order valence-electron chi connectivity index (χ1n) is 6.46. The van der Waals surface area contributed by atoms with E-state index in [1.165, 1.54) is 30.9 Å². The van der Waals surface area contributed by atoms with E-state index in [9.17, 15) is 4.39 Å². The lowest BCUT2D eigenvalue weighted by Crippen LogP contribution is -2.28. The fraction of sp³-hybridized carbons (Fsp3) is 0.571. The number of nitrogens with two attached hydrogens (primary N) is 1. The molecule has 1 fully saturated rings. The topological polar surface area (TPSA) is 29.3 Å². The molecule has 0 aromatic heterocycles. The summed E-state index contributed by atoms with van der Waals surface area (Å²) >= 11 is 0. The Balaban J connectivity index is 2.12. The van der Waals surface area contributed by atoms with Crippen molar-refractivity contribution >= 4 is 0 Å². The van der Waals surface area contributed by atoms with Crippen LogP contribution in [-0.2, 0) is 13.1 Å². The summed E-state index contributed by atoms with van der Waals surface area (Å²) in [6.07, 6.45) is 3.76. The minimum absolute atomic E-state index is 0.192. The molecule has 1 aromatic carbocycles. The molecular formula is C14H21FN2. The van der Waals surface area contributed by atoms with Gasteiger partial charge in [-0.05, 0) is 49.1 Å². The second-order valence-corrected chi connectivity index (χ2v) is 4.79. The molecule has 2 rings (SSSR count). The summed E-state index contributed by atoms with van der Waals surface area (Å²) in [4.78, 5) is 2.49. The maximum absolute atomic E-state index is 13.1. The number of likely N-dealkylation sites (tertiary alicyclic amines) is 1. The second kappa shape index (κ2) is 5.61. The fourth-order valence-electron chi connectivity index (χ4n) is 2.72. The molecule has 1 aliphatic rings. The Labute approximate surface area is 103 Å². The summed E-state index contributed by atoms with van der Waals surface area (Å²) in [7, 11) is 0. The van der Waals surface area contributed by atoms with E-state index in [0.717, 1.165) is 18.7 Å². The highest BCUT2D eigenvalue weighted by molar-refractivity contribution is 5.27. The normalized spacial score (nSPS) is 21.0. The molecule has 0 spiro atoms. The Hall–Kier alpha value is -0.930. The van der Waals surface area contributed by atoms with E-state index >= 15 is 0 Å². The molecule has 1 atom stereocenters. The summed E-state index contributed by atoms with van der Waals surface area (Å²) in [5.74, 6) is -0.192. The van der Waals surface area contributed by atoms with Crippen LogP contribution < -0.4 is 5.73 Å². The molecule has 3 heteroatoms. The molecule has 17 heavy (non-hydrogen) atoms. The van der Waals surface area contributed by atoms with Crippen LogP contribution in [0.15, 0.2) is 18.2 Å². The van der Waals surface area contributed by atoms with Crippen molar-refractivity contribution in [3.05, 3.63) is 35.1 Å². The van der Waals surface area contributed by atoms with Gasteiger partial charge in [-0.1, -0.05) is 13.0 Å². The van der Waals surface area contributed by atoms with Crippen LogP contribution in [0.1, 0.15) is 37.3 Å². The molecular weight excluding hydrogens is 215 g/mol. The summed E-state index contributed by atoms with van der Waals surface area (Å²) in [6, 6.07) is 5.66. The molecule has 2 nitrogen and oxygen atoms in total. The predicted octanol–water partition coefficient (Wildman–Crippen LogP) is 2.66. The lowest BCUT2D eigenvalue weighted by molar-refractivity contribution is 0.239. The highest BCUT2D eigenvalue weighted by Gasteiger charge is 2.23. The Morgan fingerprint density at radius 2 is 2.24 bits per heavy atom. The molecule has 94 valence electrons. The van der Waals surface area contributed by atoms with E-state index in [-0.39, 0.29) is 5.82 Å². The summed E-state index contributed by atoms with van der Waals surface area (Å²) in [5, 5.41) is 0. The van der Waals surface area contributed by atoms with Crippen LogP contribution in [-0.4, -0.2) is 17.5 Å². The van der Waals surface area contributed by atoms with E-state index in [1.807, 2.05) is 6.07 Å². The third-order valence-corrected chi connectivity index (χ3v) is 3.73. The van der Waals surface area contributed by atoms with E-state index < -0.39 is 0 Å². The number of halogens is 1. The van der Waals surface area contributed by atoms with Gasteiger partial charge in [0.15, 0.2) is 0 Å². The number of rotatable bonds is 4. The van der Waals surface area contributed by atoms with E-state index in [1.54, 1.807) is 6.07 Å². The van der Waals surface area contributed by atoms with Gasteiger partial charge in [-0.2, -0.15) is 0 Å². The lowest BCUT2D eigenvalue weighted by atomic mass is 10.1. The second-order valence-electron chi connectivity index (χ2n) is 4.79. The van der Waals surface area contributed by atoms with Gasteiger partial charge in [-0.25, -0.2) is 4.39 Å². The van der Waals surface area contributed by atoms with Gasteiger partial charge in [0.2, 0.25) is 0 Å². The molecule has 0 amide bonds. The summed E-state index contributed by atoms with van der Waals surface area (Å²) in [5.41, 5.74) is 7.79. The van der Waals surface area contributed by atoms with Gasteiger partial charge in [0.1, 0.15) is 5.82 Å². The molecule has 0 aliphatic carbocycles. The molecule has 0 saturated carbocycles. The monoisotopic (exact) mass is 236 g/mol. The Bertz CT molecular complexity index is 378. The maximum Gasteiger partial charge on any atom is 0.123 e. The van der Waals surface area contributed by atoms with Crippen molar-refractivity contribution in [1.29, 1.82) is 0 Å². The predicted molar refractivity (Wildman–Crippen MR) is 68.0 cm³/mol. The fourth-order valence-corrected chi connectivity index (χ4v) is 2.72. The van der Waals surface area contributed by atoms with Crippen LogP contribution in [0.3, 0.4) is 0 Å². The molecule has 1 aromatic rings. The Kier molecular flexibility index (Phi) is 4.13. The third-order valence-electron chi connectivity index (χ3n) is 3.73. The number of hydrogen-bond donors (Lipinski definition) is 1. The highest BCUT2D eigenvalue weighted by Crippen LogP contribution is 2.23. The first kappa shape index (κ1) is 12.5. The maximum atomic E-state index is 13.1. The molecule has 1 aliphatic heterocycles. The van der Waals surface area contributed by atoms with Crippen LogP contribution >= 0.6 is 0 Å². The number of nitrogens with zero attached hydrogens (tertiary/aromatic N) is 1. The van der Waals surface area contributed by atoms with Crippen molar-refractivity contribution in [1.82, 2.24) is 4.90 Å². The van der Waals surface area contributed by atoms with Gasteiger partial charge in [-0.3, -0.25) is 4.90 Å². The zero-order chi connectivity index (χ0) is 12.3.